The maximum absolute atomic E-state index is 12.4. The number of anilines is 1. The van der Waals surface area contributed by atoms with Crippen LogP contribution in [0.2, 0.25) is 10.0 Å². The van der Waals surface area contributed by atoms with Gasteiger partial charge in [0, 0.05) is 5.56 Å². The summed E-state index contributed by atoms with van der Waals surface area (Å²) in [5.41, 5.74) is 3.29. The first-order valence-electron chi connectivity index (χ1n) is 6.59. The molecule has 0 aliphatic carbocycles. The fourth-order valence-electron chi connectivity index (χ4n) is 2.22. The molecule has 6 heteroatoms. The molecule has 0 saturated heterocycles. The average Bonchev–Trinajstić information content (AvgIpc) is 2.86. The van der Waals surface area contributed by atoms with Crippen molar-refractivity contribution in [3.05, 3.63) is 57.1 Å². The van der Waals surface area contributed by atoms with Crippen molar-refractivity contribution < 1.29 is 4.79 Å². The fourth-order valence-corrected chi connectivity index (χ4v) is 3.51. The molecule has 0 aliphatic heterocycles. The van der Waals surface area contributed by atoms with E-state index >= 15 is 0 Å². The van der Waals surface area contributed by atoms with Gasteiger partial charge in [-0.15, -0.1) is 0 Å². The zero-order chi connectivity index (χ0) is 15.9. The fraction of sp³-hybridized carbons (Fsp3) is 0.125. The largest absolute Gasteiger partial charge is 0.298 e. The van der Waals surface area contributed by atoms with Gasteiger partial charge in [-0.05, 0) is 37.6 Å². The van der Waals surface area contributed by atoms with Gasteiger partial charge in [0.05, 0.1) is 14.7 Å². The maximum Gasteiger partial charge on any atom is 0.257 e. The number of carbonyl (C=O) groups is 1. The molecule has 0 fully saturated rings. The van der Waals surface area contributed by atoms with E-state index in [4.69, 9.17) is 23.2 Å². The lowest BCUT2D eigenvalue weighted by Crippen LogP contribution is -2.13. The van der Waals surface area contributed by atoms with Gasteiger partial charge in [-0.2, -0.15) is 0 Å². The van der Waals surface area contributed by atoms with Gasteiger partial charge >= 0.3 is 0 Å². The summed E-state index contributed by atoms with van der Waals surface area (Å²) in [4.78, 5) is 16.7. The molecule has 1 N–H and O–H groups in total. The van der Waals surface area contributed by atoms with Gasteiger partial charge in [0.2, 0.25) is 0 Å². The molecule has 22 heavy (non-hydrogen) atoms. The van der Waals surface area contributed by atoms with E-state index < -0.39 is 0 Å². The topological polar surface area (TPSA) is 42.0 Å². The first kappa shape index (κ1) is 15.3. The lowest BCUT2D eigenvalue weighted by Gasteiger charge is -2.06. The second kappa shape index (κ2) is 5.88. The van der Waals surface area contributed by atoms with Gasteiger partial charge in [0.15, 0.2) is 5.13 Å². The van der Waals surface area contributed by atoms with Gasteiger partial charge < -0.3 is 0 Å². The number of hydrogen-bond donors (Lipinski definition) is 1. The van der Waals surface area contributed by atoms with Crippen molar-refractivity contribution in [3.8, 4) is 0 Å². The highest BCUT2D eigenvalue weighted by molar-refractivity contribution is 7.22. The molecule has 2 aromatic carbocycles. The van der Waals surface area contributed by atoms with Crippen LogP contribution in [0.4, 0.5) is 5.13 Å². The lowest BCUT2D eigenvalue weighted by atomic mass is 10.1. The molecule has 0 aliphatic rings. The number of thiazole rings is 1. The summed E-state index contributed by atoms with van der Waals surface area (Å²) < 4.78 is 0.880. The second-order valence-electron chi connectivity index (χ2n) is 5.00. The van der Waals surface area contributed by atoms with Crippen molar-refractivity contribution in [2.45, 2.75) is 13.8 Å². The SMILES string of the molecule is Cc1ccc(C(=O)Nc2nc3c(Cl)c(Cl)ccc3s2)c(C)c1. The van der Waals surface area contributed by atoms with Crippen molar-refractivity contribution in [3.63, 3.8) is 0 Å². The lowest BCUT2D eigenvalue weighted by molar-refractivity contribution is 0.102. The van der Waals surface area contributed by atoms with Crippen LogP contribution in [0.25, 0.3) is 10.2 Å². The molecular formula is C16H12Cl2N2OS. The maximum atomic E-state index is 12.4. The Hall–Kier alpha value is -1.62. The Kier molecular flexibility index (Phi) is 4.08. The zero-order valence-corrected chi connectivity index (χ0v) is 14.2. The third kappa shape index (κ3) is 2.82. The van der Waals surface area contributed by atoms with E-state index in [1.807, 2.05) is 38.1 Å². The molecule has 3 nitrogen and oxygen atoms in total. The number of rotatable bonds is 2. The number of aryl methyl sites for hydroxylation is 2. The Balaban J connectivity index is 1.92. The molecule has 0 unspecified atom stereocenters. The standard InChI is InChI=1S/C16H12Cl2N2OS/c1-8-3-4-10(9(2)7-8)15(21)20-16-19-14-12(22-16)6-5-11(17)13(14)18/h3-7H,1-2H3,(H,19,20,21). The Morgan fingerprint density at radius 3 is 2.68 bits per heavy atom. The summed E-state index contributed by atoms with van der Waals surface area (Å²) in [6.07, 6.45) is 0. The van der Waals surface area contributed by atoms with Gasteiger partial charge in [0.1, 0.15) is 5.52 Å². The normalized spacial score (nSPS) is 10.9. The van der Waals surface area contributed by atoms with Crippen LogP contribution >= 0.6 is 34.5 Å². The van der Waals surface area contributed by atoms with Crippen molar-refractivity contribution in [2.24, 2.45) is 0 Å². The Morgan fingerprint density at radius 1 is 1.18 bits per heavy atom. The van der Waals surface area contributed by atoms with Crippen LogP contribution in [0.5, 0.6) is 0 Å². The van der Waals surface area contributed by atoms with E-state index in [1.54, 1.807) is 6.07 Å². The van der Waals surface area contributed by atoms with Crippen LogP contribution < -0.4 is 5.32 Å². The number of benzene rings is 2. The van der Waals surface area contributed by atoms with Gasteiger partial charge in [-0.25, -0.2) is 4.98 Å². The second-order valence-corrected chi connectivity index (χ2v) is 6.82. The minimum atomic E-state index is -0.182. The molecule has 0 atom stereocenters. The van der Waals surface area contributed by atoms with E-state index in [-0.39, 0.29) is 5.91 Å². The molecule has 0 radical (unpaired) electrons. The Morgan fingerprint density at radius 2 is 1.95 bits per heavy atom. The third-order valence-corrected chi connectivity index (χ3v) is 5.03. The van der Waals surface area contributed by atoms with Gasteiger partial charge in [-0.1, -0.05) is 52.2 Å². The van der Waals surface area contributed by atoms with E-state index in [9.17, 15) is 4.79 Å². The molecule has 3 aromatic rings. The number of hydrogen-bond acceptors (Lipinski definition) is 3. The molecule has 1 amide bonds. The van der Waals surface area contributed by atoms with E-state index in [0.29, 0.717) is 26.3 Å². The van der Waals surface area contributed by atoms with E-state index in [2.05, 4.69) is 10.3 Å². The number of aromatic nitrogens is 1. The van der Waals surface area contributed by atoms with E-state index in [0.717, 1.165) is 15.8 Å². The molecule has 3 rings (SSSR count). The number of carbonyl (C=O) groups excluding carboxylic acids is 1. The highest BCUT2D eigenvalue weighted by Gasteiger charge is 2.14. The van der Waals surface area contributed by atoms with Crippen molar-refractivity contribution >= 4 is 55.8 Å². The minimum Gasteiger partial charge on any atom is -0.298 e. The van der Waals surface area contributed by atoms with Crippen LogP contribution in [-0.4, -0.2) is 10.9 Å². The zero-order valence-electron chi connectivity index (χ0n) is 11.9. The number of nitrogens with zero attached hydrogens (tertiary/aromatic N) is 1. The number of nitrogens with one attached hydrogen (secondary N) is 1. The molecule has 112 valence electrons. The molecule has 0 saturated carbocycles. The summed E-state index contributed by atoms with van der Waals surface area (Å²) in [6, 6.07) is 9.27. The molecule has 1 aromatic heterocycles. The van der Waals surface area contributed by atoms with Crippen molar-refractivity contribution in [1.29, 1.82) is 0 Å². The quantitative estimate of drug-likeness (QED) is 0.665. The van der Waals surface area contributed by atoms with Crippen LogP contribution in [0, 0.1) is 13.8 Å². The Bertz CT molecular complexity index is 889. The molecule has 0 spiro atoms. The predicted octanol–water partition coefficient (Wildman–Crippen LogP) is 5.47. The summed E-state index contributed by atoms with van der Waals surface area (Å²) in [5.74, 6) is -0.182. The highest BCUT2D eigenvalue weighted by Crippen LogP contribution is 2.35. The number of amides is 1. The van der Waals surface area contributed by atoms with Crippen LogP contribution in [0.1, 0.15) is 21.5 Å². The van der Waals surface area contributed by atoms with Crippen LogP contribution in [0.15, 0.2) is 30.3 Å². The molecule has 1 heterocycles. The molecule has 0 bridgehead atoms. The summed E-state index contributed by atoms with van der Waals surface area (Å²) in [5, 5.41) is 4.18. The smallest absolute Gasteiger partial charge is 0.257 e. The van der Waals surface area contributed by atoms with E-state index in [1.165, 1.54) is 11.3 Å². The van der Waals surface area contributed by atoms with Gasteiger partial charge in [-0.3, -0.25) is 10.1 Å². The third-order valence-electron chi connectivity index (χ3n) is 3.30. The first-order valence-corrected chi connectivity index (χ1v) is 8.16. The highest BCUT2D eigenvalue weighted by atomic mass is 35.5. The first-order chi connectivity index (χ1) is 10.5. The molecular weight excluding hydrogens is 339 g/mol. The summed E-state index contributed by atoms with van der Waals surface area (Å²) >= 11 is 13.5. The predicted molar refractivity (Wildman–Crippen MR) is 93.5 cm³/mol. The number of halogens is 2. The number of fused-ring (bicyclic) bond motifs is 1. The van der Waals surface area contributed by atoms with Crippen molar-refractivity contribution in [1.82, 2.24) is 4.98 Å². The Labute approximate surface area is 141 Å². The van der Waals surface area contributed by atoms with Crippen LogP contribution in [0.3, 0.4) is 0 Å². The van der Waals surface area contributed by atoms with Crippen molar-refractivity contribution in [2.75, 3.05) is 5.32 Å². The summed E-state index contributed by atoms with van der Waals surface area (Å²) in [6.45, 7) is 3.91. The summed E-state index contributed by atoms with van der Waals surface area (Å²) in [7, 11) is 0. The average molecular weight is 351 g/mol. The van der Waals surface area contributed by atoms with Crippen LogP contribution in [-0.2, 0) is 0 Å². The minimum absolute atomic E-state index is 0.182. The van der Waals surface area contributed by atoms with Gasteiger partial charge in [0.25, 0.3) is 5.91 Å². The monoisotopic (exact) mass is 350 g/mol.